The molecule has 0 N–H and O–H groups in total. The van der Waals surface area contributed by atoms with E-state index < -0.39 is 0 Å². The van der Waals surface area contributed by atoms with Gasteiger partial charge in [0.05, 0.1) is 13.2 Å². The van der Waals surface area contributed by atoms with Crippen LogP contribution in [0, 0.1) is 0 Å². The molecule has 1 atom stereocenters. The number of hydrogen-bond acceptors (Lipinski definition) is 3. The summed E-state index contributed by atoms with van der Waals surface area (Å²) in [6.45, 7) is 1.35. The Kier molecular flexibility index (Phi) is 6.51. The lowest BCUT2D eigenvalue weighted by Crippen LogP contribution is -1.99. The van der Waals surface area contributed by atoms with Crippen LogP contribution in [0.3, 0.4) is 0 Å². The van der Waals surface area contributed by atoms with Crippen LogP contribution in [-0.4, -0.2) is 13.2 Å². The molecule has 1 unspecified atom stereocenters. The van der Waals surface area contributed by atoms with Crippen molar-refractivity contribution in [3.05, 3.63) is 30.3 Å². The Balaban J connectivity index is 2.05. The lowest BCUT2D eigenvalue weighted by atomic mass is 10.3. The summed E-state index contributed by atoms with van der Waals surface area (Å²) >= 11 is 0. The molecule has 0 aromatic heterocycles. The Bertz CT molecular complexity index is 267. The molecule has 0 heterocycles. The first kappa shape index (κ1) is 11.6. The summed E-state index contributed by atoms with van der Waals surface area (Å²) in [7, 11) is 2.91. The molecule has 1 aromatic rings. The van der Waals surface area contributed by atoms with E-state index in [2.05, 4.69) is 13.9 Å². The smallest absolute Gasteiger partial charge is 0.175 e. The van der Waals surface area contributed by atoms with Gasteiger partial charge in [0.25, 0.3) is 0 Å². The van der Waals surface area contributed by atoms with Gasteiger partial charge in [0.1, 0.15) is 5.75 Å². The summed E-state index contributed by atoms with van der Waals surface area (Å²) in [5.74, 6) is 0.904. The summed E-state index contributed by atoms with van der Waals surface area (Å²) in [6, 6.07) is 9.76. The zero-order valence-corrected chi connectivity index (χ0v) is 9.85. The third kappa shape index (κ3) is 5.29. The predicted octanol–water partition coefficient (Wildman–Crippen LogP) is 3.31. The maximum Gasteiger partial charge on any atom is 0.175 e. The number of para-hydroxylation sites is 1. The second-order valence-corrected chi connectivity index (χ2v) is 3.89. The molecule has 0 aliphatic carbocycles. The normalized spacial score (nSPS) is 10.6. The topological polar surface area (TPSA) is 30.8 Å². The van der Waals surface area contributed by atoms with E-state index in [-0.39, 0.29) is 0 Å². The van der Waals surface area contributed by atoms with Crippen LogP contribution in [0.2, 0.25) is 0 Å². The van der Waals surface area contributed by atoms with Crippen molar-refractivity contribution in [3.8, 4) is 5.75 Å². The van der Waals surface area contributed by atoms with Crippen LogP contribution < -0.4 is 4.74 Å². The second-order valence-electron chi connectivity index (χ2n) is 2.55. The van der Waals surface area contributed by atoms with Gasteiger partial charge in [0, 0.05) is 6.42 Å². The van der Waals surface area contributed by atoms with E-state index in [0.717, 1.165) is 12.2 Å². The van der Waals surface area contributed by atoms with Crippen LogP contribution in [0.5, 0.6) is 5.75 Å². The van der Waals surface area contributed by atoms with Gasteiger partial charge in [-0.1, -0.05) is 18.2 Å². The van der Waals surface area contributed by atoms with Crippen molar-refractivity contribution in [2.24, 2.45) is 4.52 Å². The van der Waals surface area contributed by atoms with Crippen molar-refractivity contribution in [3.63, 3.8) is 0 Å². The van der Waals surface area contributed by atoms with Gasteiger partial charge in [-0.05, 0) is 21.5 Å². The second kappa shape index (κ2) is 7.87. The van der Waals surface area contributed by atoms with Crippen molar-refractivity contribution in [1.82, 2.24) is 0 Å². The van der Waals surface area contributed by atoms with Gasteiger partial charge in [-0.2, -0.15) is 0 Å². The van der Waals surface area contributed by atoms with Crippen LogP contribution in [0.4, 0.5) is 0 Å². The van der Waals surface area contributed by atoms with Gasteiger partial charge in [0.15, 0.2) is 8.60 Å². The molecule has 5 heteroatoms. The van der Waals surface area contributed by atoms with Crippen molar-refractivity contribution in [2.75, 3.05) is 13.2 Å². The molecule has 0 bridgehead atoms. The maximum absolute atomic E-state index is 5.47. The summed E-state index contributed by atoms with van der Waals surface area (Å²) in [6.07, 6.45) is 0.877. The molecular formula is C9H13NO2P2. The minimum Gasteiger partial charge on any atom is -0.494 e. The highest BCUT2D eigenvalue weighted by Crippen LogP contribution is 2.09. The molecule has 0 saturated carbocycles. The van der Waals surface area contributed by atoms with Crippen LogP contribution in [0.25, 0.3) is 0 Å². The van der Waals surface area contributed by atoms with Gasteiger partial charge in [0.2, 0.25) is 0 Å². The van der Waals surface area contributed by atoms with E-state index in [4.69, 9.17) is 9.26 Å². The highest BCUT2D eigenvalue weighted by molar-refractivity contribution is 7.31. The molecular weight excluding hydrogens is 216 g/mol. The lowest BCUT2D eigenvalue weighted by molar-refractivity contribution is 0.265. The minimum absolute atomic E-state index is 0.656. The van der Waals surface area contributed by atoms with Gasteiger partial charge in [-0.3, -0.25) is 0 Å². The molecule has 0 aliphatic rings. The zero-order chi connectivity index (χ0) is 10.1. The fourth-order valence-corrected chi connectivity index (χ4v) is 1.38. The fraction of sp³-hybridized carbons (Fsp3) is 0.333. The van der Waals surface area contributed by atoms with Crippen LogP contribution in [0.1, 0.15) is 6.42 Å². The molecule has 0 amide bonds. The molecule has 1 rings (SSSR count). The van der Waals surface area contributed by atoms with Crippen LogP contribution in [0.15, 0.2) is 34.8 Å². The Morgan fingerprint density at radius 1 is 1.21 bits per heavy atom. The molecule has 0 radical (unpaired) electrons. The predicted molar refractivity (Wildman–Crippen MR) is 61.6 cm³/mol. The van der Waals surface area contributed by atoms with Gasteiger partial charge in [-0.25, -0.2) is 4.52 Å². The number of nitrogens with zero attached hydrogens (tertiary/aromatic N) is 1. The van der Waals surface area contributed by atoms with Crippen LogP contribution >= 0.6 is 18.0 Å². The quantitative estimate of drug-likeness (QED) is 0.553. The number of hydrogen-bond donors (Lipinski definition) is 0. The molecule has 0 spiro atoms. The number of rotatable bonds is 6. The van der Waals surface area contributed by atoms with Crippen LogP contribution in [-0.2, 0) is 4.52 Å². The minimum atomic E-state index is 0.656. The average molecular weight is 229 g/mol. The van der Waals surface area contributed by atoms with E-state index in [1.54, 1.807) is 0 Å². The molecule has 0 fully saturated rings. The largest absolute Gasteiger partial charge is 0.494 e. The highest BCUT2D eigenvalue weighted by atomic mass is 31.1. The Labute approximate surface area is 88.0 Å². The van der Waals surface area contributed by atoms with Crippen molar-refractivity contribution >= 4 is 18.0 Å². The summed E-state index contributed by atoms with van der Waals surface area (Å²) in [5, 5.41) is 0. The van der Waals surface area contributed by atoms with Gasteiger partial charge in [-0.15, -0.1) is 0 Å². The van der Waals surface area contributed by atoms with Gasteiger partial charge < -0.3 is 9.26 Å². The summed E-state index contributed by atoms with van der Waals surface area (Å²) in [5.41, 5.74) is 0. The third-order valence-corrected chi connectivity index (χ3v) is 2.17. The first-order valence-corrected chi connectivity index (χ1v) is 5.61. The molecule has 76 valence electrons. The monoisotopic (exact) mass is 229 g/mol. The standard InChI is InChI=1S/C9H13NO2P2/c13-10-14-12-8-4-7-11-9-5-2-1-3-6-9/h1-3,5-6H,4,7-8,13H2. The first-order chi connectivity index (χ1) is 6.93. The molecule has 0 saturated heterocycles. The Hall–Kier alpha value is -0.490. The third-order valence-electron chi connectivity index (χ3n) is 1.50. The van der Waals surface area contributed by atoms with E-state index in [1.165, 1.54) is 0 Å². The van der Waals surface area contributed by atoms with Gasteiger partial charge >= 0.3 is 0 Å². The highest BCUT2D eigenvalue weighted by Gasteiger charge is 1.91. The number of benzene rings is 1. The zero-order valence-electron chi connectivity index (χ0n) is 7.80. The van der Waals surface area contributed by atoms with E-state index >= 15 is 0 Å². The van der Waals surface area contributed by atoms with E-state index in [1.807, 2.05) is 30.3 Å². The SMILES string of the molecule is PN=POCCCOc1ccccc1. The maximum atomic E-state index is 5.47. The Morgan fingerprint density at radius 2 is 2.00 bits per heavy atom. The molecule has 3 nitrogen and oxygen atoms in total. The average Bonchev–Trinajstić information content (AvgIpc) is 2.25. The number of ether oxygens (including phenoxy) is 1. The van der Waals surface area contributed by atoms with Crippen molar-refractivity contribution in [1.29, 1.82) is 0 Å². The molecule has 0 aliphatic heterocycles. The fourth-order valence-electron chi connectivity index (χ4n) is 0.904. The Morgan fingerprint density at radius 3 is 2.71 bits per heavy atom. The van der Waals surface area contributed by atoms with Crippen molar-refractivity contribution < 1.29 is 9.26 Å². The van der Waals surface area contributed by atoms with Crippen molar-refractivity contribution in [2.45, 2.75) is 6.42 Å². The van der Waals surface area contributed by atoms with E-state index in [0.29, 0.717) is 21.8 Å². The van der Waals surface area contributed by atoms with E-state index in [9.17, 15) is 0 Å². The summed E-state index contributed by atoms with van der Waals surface area (Å²) in [4.78, 5) is 0. The first-order valence-electron chi connectivity index (χ1n) is 4.33. The molecule has 1 aromatic carbocycles. The summed E-state index contributed by atoms with van der Waals surface area (Å²) < 4.78 is 14.3. The molecule has 14 heavy (non-hydrogen) atoms. The lowest BCUT2D eigenvalue weighted by Gasteiger charge is -2.04.